The summed E-state index contributed by atoms with van der Waals surface area (Å²) in [5.41, 5.74) is 1.83. The average molecular weight is 526 g/mol. The first-order valence-corrected chi connectivity index (χ1v) is 10.7. The molecule has 1 N–H and O–H groups in total. The molecule has 0 aliphatic heterocycles. The monoisotopic (exact) mass is 526 g/mol. The van der Waals surface area contributed by atoms with Gasteiger partial charge in [-0.1, -0.05) is 42.0 Å². The number of phenolic OH excluding ortho intramolecular Hbond substituents is 1. The van der Waals surface area contributed by atoms with Crippen LogP contribution in [0.5, 0.6) is 5.75 Å². The van der Waals surface area contributed by atoms with Gasteiger partial charge in [0.25, 0.3) is 0 Å². The SMILES string of the molecule is COC(=O)c1c(C=C(C)C)oc2c1c(C(=O)c1ccccc1I)c(O)c1ccccc12. The van der Waals surface area contributed by atoms with Crippen molar-refractivity contribution in [1.82, 2.24) is 0 Å². The van der Waals surface area contributed by atoms with Gasteiger partial charge in [0.15, 0.2) is 5.78 Å². The fraction of sp³-hybridized carbons (Fsp3) is 0.120. The molecule has 4 rings (SSSR count). The number of carbonyl (C=O) groups is 2. The Balaban J connectivity index is 2.23. The lowest BCUT2D eigenvalue weighted by Gasteiger charge is -2.11. The Morgan fingerprint density at radius 1 is 1.00 bits per heavy atom. The van der Waals surface area contributed by atoms with Crippen molar-refractivity contribution in [2.45, 2.75) is 13.8 Å². The summed E-state index contributed by atoms with van der Waals surface area (Å²) in [6.45, 7) is 3.75. The van der Waals surface area contributed by atoms with Crippen molar-refractivity contribution in [2.24, 2.45) is 0 Å². The molecule has 6 heteroatoms. The van der Waals surface area contributed by atoms with E-state index in [9.17, 15) is 14.7 Å². The van der Waals surface area contributed by atoms with Gasteiger partial charge in [-0.05, 0) is 54.6 Å². The molecule has 1 aromatic heterocycles. The summed E-state index contributed by atoms with van der Waals surface area (Å²) in [6, 6.07) is 14.2. The highest BCUT2D eigenvalue weighted by Crippen LogP contribution is 2.43. The molecule has 0 aliphatic carbocycles. The molecule has 0 bridgehead atoms. The predicted molar refractivity (Wildman–Crippen MR) is 129 cm³/mol. The number of hydrogen-bond donors (Lipinski definition) is 1. The Bertz CT molecular complexity index is 1390. The number of furan rings is 1. The Morgan fingerprint density at radius 2 is 1.65 bits per heavy atom. The zero-order chi connectivity index (χ0) is 22.3. The normalized spacial score (nSPS) is 11.0. The summed E-state index contributed by atoms with van der Waals surface area (Å²) >= 11 is 2.08. The first-order chi connectivity index (χ1) is 14.8. The van der Waals surface area contributed by atoms with Crippen molar-refractivity contribution >= 4 is 62.2 Å². The van der Waals surface area contributed by atoms with Crippen molar-refractivity contribution in [2.75, 3.05) is 7.11 Å². The molecule has 0 unspecified atom stereocenters. The molecule has 156 valence electrons. The second kappa shape index (κ2) is 8.19. The highest BCUT2D eigenvalue weighted by atomic mass is 127. The third kappa shape index (κ3) is 3.50. The largest absolute Gasteiger partial charge is 0.506 e. The fourth-order valence-electron chi connectivity index (χ4n) is 3.69. The van der Waals surface area contributed by atoms with Crippen LogP contribution in [0.25, 0.3) is 27.8 Å². The first-order valence-electron chi connectivity index (χ1n) is 9.57. The van der Waals surface area contributed by atoms with E-state index in [1.807, 2.05) is 32.0 Å². The lowest BCUT2D eigenvalue weighted by atomic mass is 9.92. The van der Waals surface area contributed by atoms with Crippen LogP contribution in [0.2, 0.25) is 0 Å². The number of methoxy groups -OCH3 is 1. The lowest BCUT2D eigenvalue weighted by Crippen LogP contribution is -2.08. The van der Waals surface area contributed by atoms with Gasteiger partial charge in [-0.15, -0.1) is 0 Å². The summed E-state index contributed by atoms with van der Waals surface area (Å²) < 4.78 is 11.9. The molecule has 0 fully saturated rings. The van der Waals surface area contributed by atoms with Crippen LogP contribution in [0.1, 0.15) is 45.9 Å². The Kier molecular flexibility index (Phi) is 5.58. The molecule has 0 aliphatic rings. The number of allylic oxidation sites excluding steroid dienone is 1. The Hall–Kier alpha value is -3.13. The number of aromatic hydroxyl groups is 1. The number of halogens is 1. The van der Waals surface area contributed by atoms with E-state index in [0.717, 1.165) is 9.14 Å². The minimum Gasteiger partial charge on any atom is -0.506 e. The Morgan fingerprint density at radius 3 is 2.29 bits per heavy atom. The van der Waals surface area contributed by atoms with E-state index >= 15 is 0 Å². The van der Waals surface area contributed by atoms with Crippen molar-refractivity contribution in [3.05, 3.63) is 80.1 Å². The number of ether oxygens (including phenoxy) is 1. The van der Waals surface area contributed by atoms with Gasteiger partial charge in [-0.2, -0.15) is 0 Å². The van der Waals surface area contributed by atoms with Crippen LogP contribution in [0.15, 0.2) is 58.5 Å². The summed E-state index contributed by atoms with van der Waals surface area (Å²) in [5.74, 6) is -0.942. The van der Waals surface area contributed by atoms with Gasteiger partial charge in [-0.3, -0.25) is 4.79 Å². The van der Waals surface area contributed by atoms with Crippen LogP contribution < -0.4 is 0 Å². The second-order valence-corrected chi connectivity index (χ2v) is 8.50. The molecular formula is C25H19IO5. The summed E-state index contributed by atoms with van der Waals surface area (Å²) in [4.78, 5) is 26.5. The number of esters is 1. The number of benzene rings is 3. The molecule has 0 radical (unpaired) electrons. The Labute approximate surface area is 192 Å². The quantitative estimate of drug-likeness (QED) is 0.191. The topological polar surface area (TPSA) is 76.7 Å². The van der Waals surface area contributed by atoms with Crippen LogP contribution in [-0.4, -0.2) is 24.0 Å². The zero-order valence-electron chi connectivity index (χ0n) is 17.2. The van der Waals surface area contributed by atoms with E-state index in [1.54, 1.807) is 36.4 Å². The van der Waals surface area contributed by atoms with Gasteiger partial charge < -0.3 is 14.3 Å². The maximum absolute atomic E-state index is 13.7. The molecule has 0 spiro atoms. The molecule has 0 saturated carbocycles. The zero-order valence-corrected chi connectivity index (χ0v) is 19.3. The average Bonchev–Trinajstić information content (AvgIpc) is 3.11. The number of phenols is 1. The van der Waals surface area contributed by atoms with Crippen molar-refractivity contribution in [3.63, 3.8) is 0 Å². The van der Waals surface area contributed by atoms with Crippen LogP contribution >= 0.6 is 22.6 Å². The van der Waals surface area contributed by atoms with E-state index < -0.39 is 11.8 Å². The van der Waals surface area contributed by atoms with Gasteiger partial charge in [0, 0.05) is 19.9 Å². The third-order valence-electron chi connectivity index (χ3n) is 5.00. The molecule has 3 aromatic carbocycles. The van der Waals surface area contributed by atoms with E-state index in [0.29, 0.717) is 21.9 Å². The van der Waals surface area contributed by atoms with E-state index in [-0.39, 0.29) is 28.0 Å². The second-order valence-electron chi connectivity index (χ2n) is 7.34. The molecule has 5 nitrogen and oxygen atoms in total. The smallest absolute Gasteiger partial charge is 0.342 e. The summed E-state index contributed by atoms with van der Waals surface area (Å²) in [5, 5.41) is 12.5. The maximum atomic E-state index is 13.7. The number of hydrogen-bond acceptors (Lipinski definition) is 5. The standard InChI is InChI=1S/C25H19IO5/c1-13(2)12-18-19(25(29)30-3)20-21(23(28)16-10-6-7-11-17(16)26)22(27)14-8-4-5-9-15(14)24(20)31-18/h4-12,27H,1-3H3. The molecule has 31 heavy (non-hydrogen) atoms. The number of carbonyl (C=O) groups excluding carboxylic acids is 2. The molecule has 0 amide bonds. The van der Waals surface area contributed by atoms with E-state index in [2.05, 4.69) is 22.6 Å². The molecule has 0 atom stereocenters. The van der Waals surface area contributed by atoms with E-state index in [4.69, 9.17) is 9.15 Å². The van der Waals surface area contributed by atoms with Gasteiger partial charge in [0.1, 0.15) is 22.7 Å². The maximum Gasteiger partial charge on any atom is 0.342 e. The molecular weight excluding hydrogens is 507 g/mol. The van der Waals surface area contributed by atoms with Crippen LogP contribution in [0.4, 0.5) is 0 Å². The summed E-state index contributed by atoms with van der Waals surface area (Å²) in [6.07, 6.45) is 1.72. The van der Waals surface area contributed by atoms with Crippen molar-refractivity contribution in [1.29, 1.82) is 0 Å². The van der Waals surface area contributed by atoms with Gasteiger partial charge >= 0.3 is 5.97 Å². The number of fused-ring (bicyclic) bond motifs is 3. The number of rotatable bonds is 4. The minimum atomic E-state index is -0.641. The predicted octanol–water partition coefficient (Wildman–Crippen LogP) is 6.34. The lowest BCUT2D eigenvalue weighted by molar-refractivity contribution is 0.0601. The minimum absolute atomic E-state index is 0.0235. The molecule has 0 saturated heterocycles. The summed E-state index contributed by atoms with van der Waals surface area (Å²) in [7, 11) is 1.27. The van der Waals surface area contributed by atoms with Crippen molar-refractivity contribution < 1.29 is 23.8 Å². The third-order valence-corrected chi connectivity index (χ3v) is 5.94. The number of ketones is 1. The first kappa shape index (κ1) is 21.1. The highest BCUT2D eigenvalue weighted by Gasteiger charge is 2.31. The van der Waals surface area contributed by atoms with Crippen LogP contribution in [-0.2, 0) is 4.74 Å². The molecule has 1 heterocycles. The van der Waals surface area contributed by atoms with Gasteiger partial charge in [0.05, 0.1) is 18.1 Å². The highest BCUT2D eigenvalue weighted by molar-refractivity contribution is 14.1. The van der Waals surface area contributed by atoms with Gasteiger partial charge in [-0.25, -0.2) is 4.79 Å². The van der Waals surface area contributed by atoms with Crippen molar-refractivity contribution in [3.8, 4) is 5.75 Å². The van der Waals surface area contributed by atoms with Crippen LogP contribution in [0, 0.1) is 3.57 Å². The molecule has 4 aromatic rings. The van der Waals surface area contributed by atoms with E-state index in [1.165, 1.54) is 7.11 Å². The van der Waals surface area contributed by atoms with Gasteiger partial charge in [0.2, 0.25) is 0 Å². The fourth-order valence-corrected chi connectivity index (χ4v) is 4.32. The van der Waals surface area contributed by atoms with Crippen LogP contribution in [0.3, 0.4) is 0 Å².